The standard InChI is InChI=1S/C21H14BrClN2OS2/c22-17-4-2-1-3-16(17)20(26)24-15-9-10-18-19(11-15)28-21(25-18)27-12-13-5-7-14(23)8-6-13/h1-11H,12H2,(H,24,26). The minimum atomic E-state index is -0.145. The summed E-state index contributed by atoms with van der Waals surface area (Å²) in [5.41, 5.74) is 3.50. The molecule has 3 nitrogen and oxygen atoms in total. The number of anilines is 1. The second-order valence-corrected chi connectivity index (χ2v) is 9.56. The number of aromatic nitrogens is 1. The van der Waals surface area contributed by atoms with Gasteiger partial charge in [-0.15, -0.1) is 11.3 Å². The molecule has 0 aliphatic heterocycles. The van der Waals surface area contributed by atoms with Gasteiger partial charge in [0.2, 0.25) is 0 Å². The van der Waals surface area contributed by atoms with Gasteiger partial charge < -0.3 is 5.32 Å². The molecule has 0 bridgehead atoms. The molecule has 7 heteroatoms. The summed E-state index contributed by atoms with van der Waals surface area (Å²) in [7, 11) is 0. The van der Waals surface area contributed by atoms with Crippen LogP contribution in [0, 0.1) is 0 Å². The van der Waals surface area contributed by atoms with Gasteiger partial charge in [0.1, 0.15) is 0 Å². The van der Waals surface area contributed by atoms with Crippen molar-refractivity contribution in [2.24, 2.45) is 0 Å². The molecular weight excluding hydrogens is 476 g/mol. The summed E-state index contributed by atoms with van der Waals surface area (Å²) < 4.78 is 2.81. The average Bonchev–Trinajstić information content (AvgIpc) is 3.10. The van der Waals surface area contributed by atoms with Crippen LogP contribution in [-0.2, 0) is 5.75 Å². The zero-order valence-electron chi connectivity index (χ0n) is 14.5. The van der Waals surface area contributed by atoms with Crippen molar-refractivity contribution in [3.63, 3.8) is 0 Å². The number of amides is 1. The summed E-state index contributed by atoms with van der Waals surface area (Å²) >= 11 is 12.7. The van der Waals surface area contributed by atoms with Crippen LogP contribution in [0.5, 0.6) is 0 Å². The van der Waals surface area contributed by atoms with Crippen LogP contribution in [-0.4, -0.2) is 10.9 Å². The lowest BCUT2D eigenvalue weighted by atomic mass is 10.2. The van der Waals surface area contributed by atoms with Gasteiger partial charge in [0.05, 0.1) is 15.8 Å². The first-order chi connectivity index (χ1) is 13.6. The van der Waals surface area contributed by atoms with Gasteiger partial charge >= 0.3 is 0 Å². The molecule has 0 saturated carbocycles. The third kappa shape index (κ3) is 4.58. The largest absolute Gasteiger partial charge is 0.322 e. The summed E-state index contributed by atoms with van der Waals surface area (Å²) in [6.45, 7) is 0. The average molecular weight is 490 g/mol. The summed E-state index contributed by atoms with van der Waals surface area (Å²) in [4.78, 5) is 17.2. The molecule has 0 unspecified atom stereocenters. The van der Waals surface area contributed by atoms with Crippen molar-refractivity contribution >= 4 is 72.4 Å². The number of thiazole rings is 1. The van der Waals surface area contributed by atoms with E-state index in [1.165, 1.54) is 5.56 Å². The fraction of sp³-hybridized carbons (Fsp3) is 0.0476. The zero-order valence-corrected chi connectivity index (χ0v) is 18.5. The van der Waals surface area contributed by atoms with Crippen molar-refractivity contribution in [1.29, 1.82) is 0 Å². The molecule has 1 aromatic heterocycles. The molecule has 0 atom stereocenters. The number of nitrogens with one attached hydrogen (secondary N) is 1. The van der Waals surface area contributed by atoms with Gasteiger partial charge in [-0.3, -0.25) is 4.79 Å². The van der Waals surface area contributed by atoms with Crippen LogP contribution >= 0.6 is 50.6 Å². The van der Waals surface area contributed by atoms with Gasteiger partial charge in [-0.2, -0.15) is 0 Å². The fourth-order valence-corrected chi connectivity index (χ4v) is 5.27. The number of carbonyl (C=O) groups is 1. The Labute approximate surface area is 184 Å². The first-order valence-electron chi connectivity index (χ1n) is 8.42. The lowest BCUT2D eigenvalue weighted by molar-refractivity contribution is 0.102. The van der Waals surface area contributed by atoms with Gasteiger partial charge in [0.25, 0.3) is 5.91 Å². The highest BCUT2D eigenvalue weighted by Crippen LogP contribution is 2.33. The molecule has 0 aliphatic rings. The Bertz CT molecular complexity index is 1140. The SMILES string of the molecule is O=C(Nc1ccc2nc(SCc3ccc(Cl)cc3)sc2c1)c1ccccc1Br. The van der Waals surface area contributed by atoms with Gasteiger partial charge in [-0.05, 0) is 64.0 Å². The van der Waals surface area contributed by atoms with Crippen molar-refractivity contribution in [3.8, 4) is 0 Å². The van der Waals surface area contributed by atoms with Gasteiger partial charge in [0, 0.05) is 20.9 Å². The molecule has 3 aromatic carbocycles. The monoisotopic (exact) mass is 488 g/mol. The molecule has 4 rings (SSSR count). The Morgan fingerprint density at radius 2 is 1.89 bits per heavy atom. The number of thioether (sulfide) groups is 1. The van der Waals surface area contributed by atoms with Crippen molar-refractivity contribution in [2.45, 2.75) is 10.1 Å². The van der Waals surface area contributed by atoms with Crippen LogP contribution in [0.1, 0.15) is 15.9 Å². The topological polar surface area (TPSA) is 42.0 Å². The smallest absolute Gasteiger partial charge is 0.256 e. The van der Waals surface area contributed by atoms with Crippen LogP contribution in [0.2, 0.25) is 5.02 Å². The summed E-state index contributed by atoms with van der Waals surface area (Å²) in [5, 5.41) is 3.70. The maximum absolute atomic E-state index is 12.5. The van der Waals surface area contributed by atoms with E-state index in [1.54, 1.807) is 29.2 Å². The second kappa shape index (κ2) is 8.66. The van der Waals surface area contributed by atoms with Crippen molar-refractivity contribution in [3.05, 3.63) is 87.4 Å². The molecule has 0 radical (unpaired) electrons. The third-order valence-electron chi connectivity index (χ3n) is 4.02. The molecule has 0 saturated heterocycles. The Morgan fingerprint density at radius 1 is 1.11 bits per heavy atom. The van der Waals surface area contributed by atoms with Crippen LogP contribution in [0.15, 0.2) is 75.5 Å². The zero-order chi connectivity index (χ0) is 19.5. The maximum Gasteiger partial charge on any atom is 0.256 e. The van der Waals surface area contributed by atoms with E-state index in [0.717, 1.165) is 35.5 Å². The van der Waals surface area contributed by atoms with Crippen molar-refractivity contribution < 1.29 is 4.79 Å². The maximum atomic E-state index is 12.5. The highest BCUT2D eigenvalue weighted by atomic mass is 79.9. The van der Waals surface area contributed by atoms with E-state index < -0.39 is 0 Å². The highest BCUT2D eigenvalue weighted by Gasteiger charge is 2.11. The minimum absolute atomic E-state index is 0.145. The lowest BCUT2D eigenvalue weighted by Gasteiger charge is -2.06. The van der Waals surface area contributed by atoms with Crippen LogP contribution in [0.4, 0.5) is 5.69 Å². The number of benzene rings is 3. The highest BCUT2D eigenvalue weighted by molar-refractivity contribution is 9.10. The number of hydrogen-bond acceptors (Lipinski definition) is 4. The Kier molecular flexibility index (Phi) is 6.01. The van der Waals surface area contributed by atoms with Crippen molar-refractivity contribution in [2.75, 3.05) is 5.32 Å². The van der Waals surface area contributed by atoms with Crippen molar-refractivity contribution in [1.82, 2.24) is 4.98 Å². The Balaban J connectivity index is 1.47. The molecule has 0 spiro atoms. The summed E-state index contributed by atoms with van der Waals surface area (Å²) in [6, 6.07) is 21.0. The van der Waals surface area contributed by atoms with Gasteiger partial charge in [0.15, 0.2) is 4.34 Å². The molecule has 140 valence electrons. The second-order valence-electron chi connectivity index (χ2n) is 6.01. The number of rotatable bonds is 5. The molecular formula is C21H14BrClN2OS2. The number of fused-ring (bicyclic) bond motifs is 1. The van der Waals surface area contributed by atoms with E-state index in [2.05, 4.69) is 26.2 Å². The normalized spacial score (nSPS) is 10.9. The molecule has 1 N–H and O–H groups in total. The Morgan fingerprint density at radius 3 is 2.68 bits per heavy atom. The van der Waals surface area contributed by atoms with E-state index in [4.69, 9.17) is 11.6 Å². The van der Waals surface area contributed by atoms with Gasteiger partial charge in [-0.1, -0.05) is 47.6 Å². The Hall–Kier alpha value is -1.86. The van der Waals surface area contributed by atoms with Gasteiger partial charge in [-0.25, -0.2) is 4.98 Å². The van der Waals surface area contributed by atoms with E-state index in [0.29, 0.717) is 5.56 Å². The lowest BCUT2D eigenvalue weighted by Crippen LogP contribution is -2.12. The number of nitrogens with zero attached hydrogens (tertiary/aromatic N) is 1. The number of carbonyl (C=O) groups excluding carboxylic acids is 1. The first kappa shape index (κ1) is 19.5. The molecule has 1 heterocycles. The van der Waals surface area contributed by atoms with Crippen LogP contribution in [0.3, 0.4) is 0 Å². The van der Waals surface area contributed by atoms with E-state index in [1.807, 2.05) is 60.7 Å². The summed E-state index contributed by atoms with van der Waals surface area (Å²) in [6.07, 6.45) is 0. The molecule has 28 heavy (non-hydrogen) atoms. The molecule has 0 fully saturated rings. The first-order valence-corrected chi connectivity index (χ1v) is 11.4. The summed E-state index contributed by atoms with van der Waals surface area (Å²) in [5.74, 6) is 0.691. The van der Waals surface area contributed by atoms with E-state index in [-0.39, 0.29) is 5.91 Å². The predicted octanol–water partition coefficient (Wildman–Crippen LogP) is 7.26. The van der Waals surface area contributed by atoms with E-state index >= 15 is 0 Å². The quantitative estimate of drug-likeness (QED) is 0.300. The number of halogens is 2. The third-order valence-corrected chi connectivity index (χ3v) is 7.20. The van der Waals surface area contributed by atoms with Crippen LogP contribution < -0.4 is 5.32 Å². The minimum Gasteiger partial charge on any atom is -0.322 e. The number of hydrogen-bond donors (Lipinski definition) is 1. The molecule has 0 aliphatic carbocycles. The molecule has 1 amide bonds. The fourth-order valence-electron chi connectivity index (χ4n) is 2.61. The predicted molar refractivity (Wildman–Crippen MR) is 123 cm³/mol. The molecule has 4 aromatic rings. The van der Waals surface area contributed by atoms with E-state index in [9.17, 15) is 4.79 Å². The van der Waals surface area contributed by atoms with Crippen LogP contribution in [0.25, 0.3) is 10.2 Å².